The number of nitrogens with zero attached hydrogens (tertiary/aromatic N) is 2. The average Bonchev–Trinajstić information content (AvgIpc) is 2.35. The SMILES string of the molecule is Cc1ncccc1Oc1nc(NN)c(Cl)cc1Cl. The standard InChI is InChI=1S/C11H10Cl2N4O/c1-6-9(3-2-4-15-6)18-11-8(13)5-7(12)10(16-11)17-14/h2-5H,14H2,1H3,(H,16,17). The Bertz CT molecular complexity index is 577. The molecule has 2 rings (SSSR count). The first-order valence-electron chi connectivity index (χ1n) is 5.04. The number of aryl methyl sites for hydroxylation is 1. The van der Waals surface area contributed by atoms with Gasteiger partial charge in [-0.3, -0.25) is 4.98 Å². The fraction of sp³-hybridized carbons (Fsp3) is 0.0909. The molecule has 0 atom stereocenters. The quantitative estimate of drug-likeness (QED) is 0.669. The molecular formula is C11H10Cl2N4O. The normalized spacial score (nSPS) is 10.2. The zero-order valence-corrected chi connectivity index (χ0v) is 11.0. The molecule has 0 spiro atoms. The van der Waals surface area contributed by atoms with Crippen LogP contribution in [-0.2, 0) is 0 Å². The maximum atomic E-state index is 6.00. The molecule has 0 unspecified atom stereocenters. The first-order valence-corrected chi connectivity index (χ1v) is 5.79. The molecule has 5 nitrogen and oxygen atoms in total. The van der Waals surface area contributed by atoms with Crippen molar-refractivity contribution in [3.05, 3.63) is 40.1 Å². The van der Waals surface area contributed by atoms with Gasteiger partial charge in [0.15, 0.2) is 11.6 Å². The van der Waals surface area contributed by atoms with Crippen molar-refractivity contribution >= 4 is 29.0 Å². The number of hydrazine groups is 1. The molecule has 7 heteroatoms. The van der Waals surface area contributed by atoms with E-state index in [1.807, 2.05) is 6.92 Å². The van der Waals surface area contributed by atoms with Gasteiger partial charge in [0.1, 0.15) is 5.02 Å². The zero-order valence-electron chi connectivity index (χ0n) is 9.45. The van der Waals surface area contributed by atoms with Crippen LogP contribution in [0.15, 0.2) is 24.4 Å². The number of anilines is 1. The second kappa shape index (κ2) is 5.39. The Morgan fingerprint density at radius 2 is 2.11 bits per heavy atom. The predicted octanol–water partition coefficient (Wildman–Crippen LogP) is 3.17. The smallest absolute Gasteiger partial charge is 0.240 e. The van der Waals surface area contributed by atoms with Gasteiger partial charge < -0.3 is 10.2 Å². The number of hydrogen-bond donors (Lipinski definition) is 2. The number of nitrogens with one attached hydrogen (secondary N) is 1. The highest BCUT2D eigenvalue weighted by Crippen LogP contribution is 2.33. The molecule has 2 aromatic rings. The summed E-state index contributed by atoms with van der Waals surface area (Å²) in [4.78, 5) is 8.18. The highest BCUT2D eigenvalue weighted by atomic mass is 35.5. The fourth-order valence-electron chi connectivity index (χ4n) is 1.30. The van der Waals surface area contributed by atoms with Crippen LogP contribution < -0.4 is 16.0 Å². The lowest BCUT2D eigenvalue weighted by Gasteiger charge is -2.10. The summed E-state index contributed by atoms with van der Waals surface area (Å²) in [7, 11) is 0. The van der Waals surface area contributed by atoms with Crippen molar-refractivity contribution in [2.45, 2.75) is 6.92 Å². The van der Waals surface area contributed by atoms with Gasteiger partial charge in [-0.2, -0.15) is 4.98 Å². The van der Waals surface area contributed by atoms with Gasteiger partial charge in [0, 0.05) is 6.20 Å². The first-order chi connectivity index (χ1) is 8.61. The molecular weight excluding hydrogens is 275 g/mol. The van der Waals surface area contributed by atoms with Gasteiger partial charge in [-0.15, -0.1) is 0 Å². The minimum atomic E-state index is 0.213. The number of rotatable bonds is 3. The molecule has 0 saturated carbocycles. The van der Waals surface area contributed by atoms with Gasteiger partial charge in [0.2, 0.25) is 5.88 Å². The molecule has 3 N–H and O–H groups in total. The van der Waals surface area contributed by atoms with Gasteiger partial charge >= 0.3 is 0 Å². The third-order valence-electron chi connectivity index (χ3n) is 2.20. The molecule has 0 bridgehead atoms. The van der Waals surface area contributed by atoms with Crippen molar-refractivity contribution in [3.8, 4) is 11.6 Å². The summed E-state index contributed by atoms with van der Waals surface area (Å²) in [5.74, 6) is 6.35. The van der Waals surface area contributed by atoms with Crippen molar-refractivity contribution in [2.75, 3.05) is 5.43 Å². The number of ether oxygens (including phenoxy) is 1. The van der Waals surface area contributed by atoms with Crippen molar-refractivity contribution < 1.29 is 4.74 Å². The summed E-state index contributed by atoms with van der Waals surface area (Å²) in [5.41, 5.74) is 3.10. The summed E-state index contributed by atoms with van der Waals surface area (Å²) in [6.45, 7) is 1.82. The molecule has 0 aliphatic heterocycles. The maximum Gasteiger partial charge on any atom is 0.240 e. The Balaban J connectivity index is 2.38. The monoisotopic (exact) mass is 284 g/mol. The molecule has 0 radical (unpaired) electrons. The predicted molar refractivity (Wildman–Crippen MR) is 71.1 cm³/mol. The van der Waals surface area contributed by atoms with Gasteiger partial charge in [-0.05, 0) is 25.1 Å². The van der Waals surface area contributed by atoms with E-state index in [9.17, 15) is 0 Å². The molecule has 18 heavy (non-hydrogen) atoms. The minimum absolute atomic E-state index is 0.213. The molecule has 0 aliphatic carbocycles. The highest BCUT2D eigenvalue weighted by Gasteiger charge is 2.11. The second-order valence-electron chi connectivity index (χ2n) is 3.44. The number of nitrogens with two attached hydrogens (primary N) is 1. The molecule has 2 aromatic heterocycles. The van der Waals surface area contributed by atoms with Gasteiger partial charge in [-0.25, -0.2) is 5.84 Å². The van der Waals surface area contributed by atoms with Crippen molar-refractivity contribution in [3.63, 3.8) is 0 Å². The van der Waals surface area contributed by atoms with Crippen LogP contribution in [0.25, 0.3) is 0 Å². The van der Waals surface area contributed by atoms with Crippen LogP contribution >= 0.6 is 23.2 Å². The topological polar surface area (TPSA) is 73.1 Å². The molecule has 0 aliphatic rings. The average molecular weight is 285 g/mol. The van der Waals surface area contributed by atoms with E-state index in [1.54, 1.807) is 18.3 Å². The van der Waals surface area contributed by atoms with Crippen LogP contribution in [0.1, 0.15) is 5.69 Å². The van der Waals surface area contributed by atoms with Crippen molar-refractivity contribution in [1.29, 1.82) is 0 Å². The van der Waals surface area contributed by atoms with Crippen LogP contribution in [0, 0.1) is 6.92 Å². The van der Waals surface area contributed by atoms with Crippen LogP contribution in [0.4, 0.5) is 5.82 Å². The maximum absolute atomic E-state index is 6.00. The number of halogens is 2. The van der Waals surface area contributed by atoms with E-state index in [0.29, 0.717) is 15.8 Å². The lowest BCUT2D eigenvalue weighted by atomic mass is 10.3. The number of nitrogen functional groups attached to an aromatic ring is 1. The van der Waals surface area contributed by atoms with Crippen molar-refractivity contribution in [1.82, 2.24) is 9.97 Å². The second-order valence-corrected chi connectivity index (χ2v) is 4.25. The Morgan fingerprint density at radius 1 is 1.33 bits per heavy atom. The molecule has 0 saturated heterocycles. The van der Waals surface area contributed by atoms with E-state index in [4.69, 9.17) is 33.8 Å². The van der Waals surface area contributed by atoms with Gasteiger partial charge in [-0.1, -0.05) is 23.2 Å². The molecule has 0 aromatic carbocycles. The third-order valence-corrected chi connectivity index (χ3v) is 2.76. The lowest BCUT2D eigenvalue weighted by Crippen LogP contribution is -2.09. The minimum Gasteiger partial charge on any atom is -0.436 e. The largest absolute Gasteiger partial charge is 0.436 e. The van der Waals surface area contributed by atoms with E-state index >= 15 is 0 Å². The molecule has 2 heterocycles. The van der Waals surface area contributed by atoms with Gasteiger partial charge in [0.05, 0.1) is 10.7 Å². The summed E-state index contributed by atoms with van der Waals surface area (Å²) in [6.07, 6.45) is 1.67. The number of hydrogen-bond acceptors (Lipinski definition) is 5. The van der Waals surface area contributed by atoms with E-state index in [1.165, 1.54) is 6.07 Å². The summed E-state index contributed by atoms with van der Waals surface area (Å²) in [5, 5.41) is 0.611. The summed E-state index contributed by atoms with van der Waals surface area (Å²) in [6, 6.07) is 5.03. The molecule has 0 amide bonds. The first kappa shape index (κ1) is 12.9. The Hall–Kier alpha value is -1.56. The Kier molecular flexibility index (Phi) is 3.86. The number of aromatic nitrogens is 2. The van der Waals surface area contributed by atoms with Crippen molar-refractivity contribution in [2.24, 2.45) is 5.84 Å². The number of pyridine rings is 2. The van der Waals surface area contributed by atoms with Crippen LogP contribution in [0.3, 0.4) is 0 Å². The highest BCUT2D eigenvalue weighted by molar-refractivity contribution is 6.36. The van der Waals surface area contributed by atoms with Crippen LogP contribution in [0.5, 0.6) is 11.6 Å². The van der Waals surface area contributed by atoms with E-state index in [0.717, 1.165) is 5.69 Å². The Labute approximate surface area is 114 Å². The molecule has 0 fully saturated rings. The molecule has 94 valence electrons. The van der Waals surface area contributed by atoms with E-state index < -0.39 is 0 Å². The summed E-state index contributed by atoms with van der Waals surface area (Å²) >= 11 is 11.9. The van der Waals surface area contributed by atoms with Gasteiger partial charge in [0.25, 0.3) is 0 Å². The third kappa shape index (κ3) is 2.64. The fourth-order valence-corrected chi connectivity index (χ4v) is 1.76. The summed E-state index contributed by atoms with van der Waals surface area (Å²) < 4.78 is 5.58. The van der Waals surface area contributed by atoms with E-state index in [2.05, 4.69) is 15.4 Å². The lowest BCUT2D eigenvalue weighted by molar-refractivity contribution is 0.457. The van der Waals surface area contributed by atoms with E-state index in [-0.39, 0.29) is 11.7 Å². The zero-order chi connectivity index (χ0) is 13.1. The van der Waals surface area contributed by atoms with Crippen LogP contribution in [0.2, 0.25) is 10.0 Å². The van der Waals surface area contributed by atoms with Crippen LogP contribution in [-0.4, -0.2) is 9.97 Å². The Morgan fingerprint density at radius 3 is 2.78 bits per heavy atom.